The van der Waals surface area contributed by atoms with Crippen molar-refractivity contribution in [2.75, 3.05) is 0 Å². The molecule has 0 heteroatoms. The monoisotopic (exact) mass is 210 g/mol. The lowest BCUT2D eigenvalue weighted by Gasteiger charge is -2.05. The number of hydrogen-bond acceptors (Lipinski definition) is 0. The summed E-state index contributed by atoms with van der Waals surface area (Å²) in [7, 11) is 0. The molecule has 15 heavy (non-hydrogen) atoms. The molecule has 0 fully saturated rings. The predicted octanol–water partition coefficient (Wildman–Crippen LogP) is 5.59. The maximum absolute atomic E-state index is 2.38. The maximum Gasteiger partial charge on any atom is -0.0351 e. The van der Waals surface area contributed by atoms with Crippen molar-refractivity contribution in [3.8, 4) is 0 Å². The Labute approximate surface area is 97.2 Å². The van der Waals surface area contributed by atoms with E-state index in [9.17, 15) is 0 Å². The van der Waals surface area contributed by atoms with Crippen molar-refractivity contribution in [3.05, 3.63) is 12.2 Å². The first-order valence-electron chi connectivity index (χ1n) is 6.81. The van der Waals surface area contributed by atoms with Gasteiger partial charge in [0.05, 0.1) is 0 Å². The van der Waals surface area contributed by atoms with Gasteiger partial charge < -0.3 is 0 Å². The fraction of sp³-hybridized carbons (Fsp3) is 0.867. The second-order valence-corrected chi connectivity index (χ2v) is 5.24. The molecule has 0 aromatic rings. The lowest BCUT2D eigenvalue weighted by Crippen LogP contribution is -1.90. The van der Waals surface area contributed by atoms with E-state index in [1.54, 1.807) is 0 Å². The Morgan fingerprint density at radius 2 is 1.40 bits per heavy atom. The van der Waals surface area contributed by atoms with Crippen LogP contribution in [0.2, 0.25) is 0 Å². The lowest BCUT2D eigenvalue weighted by atomic mass is 10.0. The summed E-state index contributed by atoms with van der Waals surface area (Å²) in [4.78, 5) is 0. The second kappa shape index (κ2) is 10.3. The van der Waals surface area contributed by atoms with E-state index >= 15 is 0 Å². The molecule has 0 bridgehead atoms. The smallest absolute Gasteiger partial charge is 0.0351 e. The SMILES string of the molecule is CCC(C)CCCC=CCCCC(C)C. The van der Waals surface area contributed by atoms with E-state index in [-0.39, 0.29) is 0 Å². The molecule has 1 atom stereocenters. The van der Waals surface area contributed by atoms with E-state index in [1.165, 1.54) is 44.9 Å². The van der Waals surface area contributed by atoms with Crippen molar-refractivity contribution in [1.29, 1.82) is 0 Å². The number of allylic oxidation sites excluding steroid dienone is 2. The van der Waals surface area contributed by atoms with E-state index in [1.807, 2.05) is 0 Å². The van der Waals surface area contributed by atoms with Crippen LogP contribution in [0.3, 0.4) is 0 Å². The van der Waals surface area contributed by atoms with Crippen LogP contribution in [0.4, 0.5) is 0 Å². The molecule has 0 aromatic carbocycles. The van der Waals surface area contributed by atoms with Gasteiger partial charge in [-0.2, -0.15) is 0 Å². The molecular formula is C15H30. The Morgan fingerprint density at radius 1 is 0.867 bits per heavy atom. The van der Waals surface area contributed by atoms with Gasteiger partial charge in [-0.1, -0.05) is 59.1 Å². The molecule has 0 nitrogen and oxygen atoms in total. The largest absolute Gasteiger partial charge is 0.0885 e. The minimum absolute atomic E-state index is 0.865. The van der Waals surface area contributed by atoms with Gasteiger partial charge in [-0.25, -0.2) is 0 Å². The van der Waals surface area contributed by atoms with Gasteiger partial charge in [0, 0.05) is 0 Å². The topological polar surface area (TPSA) is 0 Å². The highest BCUT2D eigenvalue weighted by Gasteiger charge is 1.96. The van der Waals surface area contributed by atoms with Gasteiger partial charge in [-0.3, -0.25) is 0 Å². The fourth-order valence-electron chi connectivity index (χ4n) is 1.67. The minimum atomic E-state index is 0.865. The number of hydrogen-bond donors (Lipinski definition) is 0. The van der Waals surface area contributed by atoms with Gasteiger partial charge in [0.15, 0.2) is 0 Å². The van der Waals surface area contributed by atoms with Crippen LogP contribution in [0.5, 0.6) is 0 Å². The van der Waals surface area contributed by atoms with Gasteiger partial charge in [0.2, 0.25) is 0 Å². The fourth-order valence-corrected chi connectivity index (χ4v) is 1.67. The molecule has 0 aromatic heterocycles. The first-order valence-corrected chi connectivity index (χ1v) is 6.81. The molecule has 1 unspecified atom stereocenters. The van der Waals surface area contributed by atoms with E-state index in [2.05, 4.69) is 39.8 Å². The molecule has 0 rings (SSSR count). The molecule has 0 saturated heterocycles. The molecule has 0 heterocycles. The molecule has 0 aliphatic heterocycles. The highest BCUT2D eigenvalue weighted by molar-refractivity contribution is 4.81. The third kappa shape index (κ3) is 11.7. The number of rotatable bonds is 9. The van der Waals surface area contributed by atoms with Crippen molar-refractivity contribution >= 4 is 0 Å². The van der Waals surface area contributed by atoms with E-state index in [0.29, 0.717) is 0 Å². The predicted molar refractivity (Wildman–Crippen MR) is 71.1 cm³/mol. The Morgan fingerprint density at radius 3 is 1.87 bits per heavy atom. The summed E-state index contributed by atoms with van der Waals surface area (Å²) in [5.41, 5.74) is 0. The maximum atomic E-state index is 2.38. The first-order chi connectivity index (χ1) is 7.16. The van der Waals surface area contributed by atoms with Crippen LogP contribution < -0.4 is 0 Å². The highest BCUT2D eigenvalue weighted by atomic mass is 14.0. The summed E-state index contributed by atoms with van der Waals surface area (Å²) in [5.74, 6) is 1.78. The van der Waals surface area contributed by atoms with Crippen molar-refractivity contribution in [2.45, 2.75) is 72.6 Å². The summed E-state index contributed by atoms with van der Waals surface area (Å²) in [6, 6.07) is 0. The quantitative estimate of drug-likeness (QED) is 0.344. The summed E-state index contributed by atoms with van der Waals surface area (Å²) in [6.07, 6.45) is 14.1. The zero-order valence-corrected chi connectivity index (χ0v) is 11.3. The molecule has 0 aliphatic rings. The van der Waals surface area contributed by atoms with E-state index in [0.717, 1.165) is 11.8 Å². The van der Waals surface area contributed by atoms with Crippen molar-refractivity contribution in [2.24, 2.45) is 11.8 Å². The summed E-state index contributed by atoms with van der Waals surface area (Å²) >= 11 is 0. The third-order valence-corrected chi connectivity index (χ3v) is 3.08. The average molecular weight is 210 g/mol. The highest BCUT2D eigenvalue weighted by Crippen LogP contribution is 2.12. The lowest BCUT2D eigenvalue weighted by molar-refractivity contribution is 0.498. The molecule has 0 amide bonds. The van der Waals surface area contributed by atoms with Crippen LogP contribution in [0.15, 0.2) is 12.2 Å². The minimum Gasteiger partial charge on any atom is -0.0885 e. The van der Waals surface area contributed by atoms with Gasteiger partial charge in [-0.15, -0.1) is 0 Å². The molecule has 0 aliphatic carbocycles. The van der Waals surface area contributed by atoms with Crippen molar-refractivity contribution < 1.29 is 0 Å². The molecular weight excluding hydrogens is 180 g/mol. The van der Waals surface area contributed by atoms with Crippen molar-refractivity contribution in [1.82, 2.24) is 0 Å². The summed E-state index contributed by atoms with van der Waals surface area (Å²) in [6.45, 7) is 9.24. The second-order valence-electron chi connectivity index (χ2n) is 5.24. The van der Waals surface area contributed by atoms with Gasteiger partial charge >= 0.3 is 0 Å². The Hall–Kier alpha value is -0.260. The van der Waals surface area contributed by atoms with Crippen LogP contribution in [-0.2, 0) is 0 Å². The zero-order chi connectivity index (χ0) is 11.5. The summed E-state index contributed by atoms with van der Waals surface area (Å²) < 4.78 is 0. The molecule has 0 N–H and O–H groups in total. The van der Waals surface area contributed by atoms with Crippen LogP contribution in [0, 0.1) is 11.8 Å². The number of unbranched alkanes of at least 4 members (excludes halogenated alkanes) is 2. The zero-order valence-electron chi connectivity index (χ0n) is 11.3. The van der Waals surface area contributed by atoms with Crippen LogP contribution in [0.1, 0.15) is 72.6 Å². The molecule has 0 saturated carbocycles. The van der Waals surface area contributed by atoms with Crippen LogP contribution in [0.25, 0.3) is 0 Å². The normalized spacial score (nSPS) is 13.9. The van der Waals surface area contributed by atoms with E-state index < -0.39 is 0 Å². The first kappa shape index (κ1) is 14.7. The van der Waals surface area contributed by atoms with E-state index in [4.69, 9.17) is 0 Å². The average Bonchev–Trinajstić information content (AvgIpc) is 2.21. The third-order valence-electron chi connectivity index (χ3n) is 3.08. The van der Waals surface area contributed by atoms with Crippen LogP contribution in [-0.4, -0.2) is 0 Å². The Kier molecular flexibility index (Phi) is 10.1. The van der Waals surface area contributed by atoms with Crippen molar-refractivity contribution in [3.63, 3.8) is 0 Å². The van der Waals surface area contributed by atoms with Crippen LogP contribution >= 0.6 is 0 Å². The Balaban J connectivity index is 3.17. The van der Waals surface area contributed by atoms with Gasteiger partial charge in [-0.05, 0) is 37.5 Å². The van der Waals surface area contributed by atoms with Gasteiger partial charge in [0.25, 0.3) is 0 Å². The van der Waals surface area contributed by atoms with Gasteiger partial charge in [0.1, 0.15) is 0 Å². The molecule has 90 valence electrons. The molecule has 0 radical (unpaired) electrons. The standard InChI is InChI=1S/C15H30/c1-5-15(4)13-11-9-7-6-8-10-12-14(2)3/h6-7,14-15H,5,8-13H2,1-4H3. The molecule has 0 spiro atoms. The Bertz CT molecular complexity index is 144. The summed E-state index contributed by atoms with van der Waals surface area (Å²) in [5, 5.41) is 0.